The molecule has 7 heteroatoms. The number of hydrogen-bond donors (Lipinski definition) is 3. The minimum absolute atomic E-state index is 0.317. The highest BCUT2D eigenvalue weighted by Crippen LogP contribution is 2.39. The molecule has 0 saturated heterocycles. The molecule has 0 atom stereocenters. The second-order valence-electron chi connectivity index (χ2n) is 8.69. The molecule has 0 spiro atoms. The predicted molar refractivity (Wildman–Crippen MR) is 167 cm³/mol. The molecule has 3 aromatic rings. The molecule has 0 unspecified atom stereocenters. The van der Waals surface area contributed by atoms with Gasteiger partial charge in [0, 0.05) is 12.8 Å². The molecule has 3 aromatic carbocycles. The van der Waals surface area contributed by atoms with Gasteiger partial charge in [-0.2, -0.15) is 0 Å². The topological polar surface area (TPSA) is 60.7 Å². The Labute approximate surface area is 249 Å². The predicted octanol–water partition coefficient (Wildman–Crippen LogP) is 8.45. The van der Waals surface area contributed by atoms with Gasteiger partial charge in [-0.15, -0.1) is 0 Å². The average molecular weight is 892 g/mol. The first kappa shape index (κ1) is 26.1. The zero-order valence-corrected chi connectivity index (χ0v) is 26.5. The highest BCUT2D eigenvalue weighted by Gasteiger charge is 2.20. The van der Waals surface area contributed by atoms with Crippen LogP contribution in [-0.2, 0) is 12.8 Å². The number of halogens is 4. The number of rotatable bonds is 5. The summed E-state index contributed by atoms with van der Waals surface area (Å²) in [7, 11) is 0. The van der Waals surface area contributed by atoms with Crippen molar-refractivity contribution in [2.75, 3.05) is 0 Å². The molecule has 4 rings (SSSR count). The second kappa shape index (κ2) is 11.4. The van der Waals surface area contributed by atoms with Crippen LogP contribution < -0.4 is 0 Å². The van der Waals surface area contributed by atoms with E-state index in [0.717, 1.165) is 36.5 Å². The minimum atomic E-state index is 0.317. The maximum Gasteiger partial charge on any atom is 0.142 e. The molecule has 3 nitrogen and oxygen atoms in total. The van der Waals surface area contributed by atoms with E-state index in [2.05, 4.69) is 102 Å². The van der Waals surface area contributed by atoms with Crippen LogP contribution in [0.3, 0.4) is 0 Å². The molecule has 174 valence electrons. The fraction of sp³-hybridized carbons (Fsp3) is 0.308. The summed E-state index contributed by atoms with van der Waals surface area (Å²) >= 11 is 8.64. The molecule has 0 aliphatic heterocycles. The maximum absolute atomic E-state index is 11.3. The quantitative estimate of drug-likeness (QED) is 0.226. The van der Waals surface area contributed by atoms with Crippen molar-refractivity contribution in [3.8, 4) is 17.2 Å². The van der Waals surface area contributed by atoms with Gasteiger partial charge in [0.15, 0.2) is 0 Å². The zero-order valence-electron chi connectivity index (χ0n) is 17.8. The third-order valence-corrected chi connectivity index (χ3v) is 9.60. The first-order valence-electron chi connectivity index (χ1n) is 10.9. The van der Waals surface area contributed by atoms with Crippen molar-refractivity contribution in [1.82, 2.24) is 0 Å². The normalized spacial score (nSPS) is 14.5. The highest BCUT2D eigenvalue weighted by molar-refractivity contribution is 14.1. The summed E-state index contributed by atoms with van der Waals surface area (Å²) in [4.78, 5) is 0. The molecule has 1 fully saturated rings. The number of benzene rings is 3. The smallest absolute Gasteiger partial charge is 0.142 e. The van der Waals surface area contributed by atoms with Gasteiger partial charge in [-0.05, 0) is 161 Å². The summed E-state index contributed by atoms with van der Waals surface area (Å²) in [5.41, 5.74) is 5.36. The van der Waals surface area contributed by atoms with Gasteiger partial charge in [0.1, 0.15) is 17.2 Å². The molecule has 1 aliphatic carbocycles. The SMILES string of the molecule is Oc1c(I)cc(Cc2cc(C3CCCCC3)cc(Cc3cc(I)c(O)c(I)c3)c2O)cc1I. The van der Waals surface area contributed by atoms with Gasteiger partial charge in [-0.25, -0.2) is 0 Å². The van der Waals surface area contributed by atoms with Crippen LogP contribution in [0.1, 0.15) is 65.8 Å². The molecule has 3 N–H and O–H groups in total. The van der Waals surface area contributed by atoms with Crippen LogP contribution in [0.5, 0.6) is 17.2 Å². The van der Waals surface area contributed by atoms with Crippen LogP contribution in [0, 0.1) is 14.3 Å². The van der Waals surface area contributed by atoms with E-state index in [0.29, 0.717) is 36.0 Å². The molecule has 0 aromatic heterocycles. The van der Waals surface area contributed by atoms with E-state index in [1.54, 1.807) is 0 Å². The van der Waals surface area contributed by atoms with Crippen molar-refractivity contribution >= 4 is 90.4 Å². The van der Waals surface area contributed by atoms with E-state index in [1.807, 2.05) is 24.3 Å². The Hall–Kier alpha value is -0.0200. The first-order chi connectivity index (χ1) is 15.7. The standard InChI is InChI=1S/C26H24I4O3/c27-20-8-14(9-21(28)25(20)32)6-18-12-17(16-4-2-1-3-5-16)13-19(24(18)31)7-15-10-22(29)26(33)23(30)11-15/h8-13,16,31-33H,1-7H2. The lowest BCUT2D eigenvalue weighted by molar-refractivity contribution is 0.439. The van der Waals surface area contributed by atoms with Crippen molar-refractivity contribution in [1.29, 1.82) is 0 Å². The summed E-state index contributed by atoms with van der Waals surface area (Å²) in [5, 5.41) is 31.6. The summed E-state index contributed by atoms with van der Waals surface area (Å²) in [6.07, 6.45) is 7.48. The largest absolute Gasteiger partial charge is 0.507 e. The fourth-order valence-electron chi connectivity index (χ4n) is 4.61. The van der Waals surface area contributed by atoms with Crippen LogP contribution >= 0.6 is 90.4 Å². The Balaban J connectivity index is 1.75. The monoisotopic (exact) mass is 892 g/mol. The molecule has 0 radical (unpaired) electrons. The molecular weight excluding hydrogens is 868 g/mol. The van der Waals surface area contributed by atoms with E-state index < -0.39 is 0 Å². The van der Waals surface area contributed by atoms with Crippen LogP contribution in [0.4, 0.5) is 0 Å². The van der Waals surface area contributed by atoms with E-state index >= 15 is 0 Å². The lowest BCUT2D eigenvalue weighted by atomic mass is 9.82. The Morgan fingerprint density at radius 2 is 0.970 bits per heavy atom. The van der Waals surface area contributed by atoms with Gasteiger partial charge in [-0.1, -0.05) is 31.4 Å². The molecule has 0 amide bonds. The van der Waals surface area contributed by atoms with Gasteiger partial charge in [0.05, 0.1) is 14.3 Å². The van der Waals surface area contributed by atoms with Crippen LogP contribution in [0.15, 0.2) is 36.4 Å². The van der Waals surface area contributed by atoms with Gasteiger partial charge < -0.3 is 15.3 Å². The van der Waals surface area contributed by atoms with Crippen molar-refractivity contribution in [3.63, 3.8) is 0 Å². The summed E-state index contributed by atoms with van der Waals surface area (Å²) in [5.74, 6) is 1.53. The number of hydrogen-bond acceptors (Lipinski definition) is 3. The first-order valence-corrected chi connectivity index (χ1v) is 15.2. The molecule has 33 heavy (non-hydrogen) atoms. The van der Waals surface area contributed by atoms with Gasteiger partial charge in [0.25, 0.3) is 0 Å². The van der Waals surface area contributed by atoms with E-state index in [1.165, 1.54) is 37.7 Å². The molecule has 0 heterocycles. The zero-order chi connectivity index (χ0) is 23.7. The number of phenolic OH excluding ortho intramolecular Hbond substituents is 3. The molecule has 1 aliphatic rings. The van der Waals surface area contributed by atoms with Crippen LogP contribution in [-0.4, -0.2) is 15.3 Å². The lowest BCUT2D eigenvalue weighted by Gasteiger charge is -2.24. The Morgan fingerprint density at radius 1 is 0.576 bits per heavy atom. The summed E-state index contributed by atoms with van der Waals surface area (Å²) in [6.45, 7) is 0. The summed E-state index contributed by atoms with van der Waals surface area (Å²) in [6, 6.07) is 12.4. The third-order valence-electron chi connectivity index (χ3n) is 6.31. The van der Waals surface area contributed by atoms with Gasteiger partial charge in [-0.3, -0.25) is 0 Å². The Bertz CT molecular complexity index is 1060. The number of aromatic hydroxyl groups is 3. The van der Waals surface area contributed by atoms with Crippen molar-refractivity contribution in [2.24, 2.45) is 0 Å². The highest BCUT2D eigenvalue weighted by atomic mass is 127. The third kappa shape index (κ3) is 6.22. The minimum Gasteiger partial charge on any atom is -0.507 e. The average Bonchev–Trinajstić information content (AvgIpc) is 2.79. The van der Waals surface area contributed by atoms with E-state index in [-0.39, 0.29) is 0 Å². The fourth-order valence-corrected chi connectivity index (χ4v) is 8.40. The molecule has 0 bridgehead atoms. The van der Waals surface area contributed by atoms with Gasteiger partial charge in [0.2, 0.25) is 0 Å². The molecule has 1 saturated carbocycles. The van der Waals surface area contributed by atoms with Crippen LogP contribution in [0.2, 0.25) is 0 Å². The second-order valence-corrected chi connectivity index (χ2v) is 13.3. The van der Waals surface area contributed by atoms with Crippen molar-refractivity contribution in [2.45, 2.75) is 50.9 Å². The Morgan fingerprint density at radius 3 is 1.36 bits per heavy atom. The maximum atomic E-state index is 11.3. The molecular formula is C26H24I4O3. The lowest BCUT2D eigenvalue weighted by Crippen LogP contribution is -2.07. The van der Waals surface area contributed by atoms with Crippen molar-refractivity contribution < 1.29 is 15.3 Å². The number of phenols is 3. The van der Waals surface area contributed by atoms with Crippen LogP contribution in [0.25, 0.3) is 0 Å². The summed E-state index contributed by atoms with van der Waals surface area (Å²) < 4.78 is 3.30. The Kier molecular flexibility index (Phi) is 8.97. The van der Waals surface area contributed by atoms with E-state index in [4.69, 9.17) is 0 Å². The van der Waals surface area contributed by atoms with Gasteiger partial charge >= 0.3 is 0 Å². The van der Waals surface area contributed by atoms with E-state index in [9.17, 15) is 15.3 Å². The van der Waals surface area contributed by atoms with Crippen molar-refractivity contribution in [3.05, 3.63) is 78.5 Å².